The molecule has 2 unspecified atom stereocenters. The van der Waals surface area contributed by atoms with E-state index in [1.54, 1.807) is 19.2 Å². The van der Waals surface area contributed by atoms with E-state index in [-0.39, 0.29) is 11.2 Å². The normalized spacial score (nSPS) is 30.1. The number of ether oxygens (including phenoxy) is 1. The van der Waals surface area contributed by atoms with Gasteiger partial charge in [-0.25, -0.2) is 4.39 Å². The highest BCUT2D eigenvalue weighted by atomic mass is 19.1. The molecule has 1 aromatic rings. The second-order valence-electron chi connectivity index (χ2n) is 6.86. The molecular formula is C16H24FNO. The molecule has 0 spiro atoms. The minimum absolute atomic E-state index is 0.152. The summed E-state index contributed by atoms with van der Waals surface area (Å²) in [4.78, 5) is 0. The standard InChI is InChI=1S/C16H24FNO/c1-11-8-15(2,3)10-16(18,9-11)13-6-5-12(19-4)7-14(13)17/h5-7,11H,8-10,18H2,1-4H3. The van der Waals surface area contributed by atoms with Crippen LogP contribution in [0.15, 0.2) is 18.2 Å². The van der Waals surface area contributed by atoms with Crippen molar-refractivity contribution < 1.29 is 9.13 Å². The summed E-state index contributed by atoms with van der Waals surface area (Å²) < 4.78 is 19.3. The average Bonchev–Trinajstić information content (AvgIpc) is 2.24. The van der Waals surface area contributed by atoms with Crippen molar-refractivity contribution in [3.05, 3.63) is 29.6 Å². The first-order chi connectivity index (χ1) is 8.76. The molecule has 2 N–H and O–H groups in total. The van der Waals surface area contributed by atoms with E-state index in [2.05, 4.69) is 20.8 Å². The summed E-state index contributed by atoms with van der Waals surface area (Å²) in [6.07, 6.45) is 2.79. The summed E-state index contributed by atoms with van der Waals surface area (Å²) in [6, 6.07) is 5.00. The molecule has 2 atom stereocenters. The molecule has 0 saturated heterocycles. The molecule has 0 heterocycles. The SMILES string of the molecule is COc1ccc(C2(N)CC(C)CC(C)(C)C2)c(F)c1. The fourth-order valence-corrected chi connectivity index (χ4v) is 3.87. The van der Waals surface area contributed by atoms with E-state index in [0.717, 1.165) is 19.3 Å². The summed E-state index contributed by atoms with van der Waals surface area (Å²) in [5, 5.41) is 0. The van der Waals surface area contributed by atoms with Gasteiger partial charge in [0.05, 0.1) is 7.11 Å². The van der Waals surface area contributed by atoms with Gasteiger partial charge in [-0.2, -0.15) is 0 Å². The predicted molar refractivity (Wildman–Crippen MR) is 75.6 cm³/mol. The summed E-state index contributed by atoms with van der Waals surface area (Å²) in [7, 11) is 1.54. The number of benzene rings is 1. The molecule has 0 aromatic heterocycles. The first-order valence-corrected chi connectivity index (χ1v) is 6.89. The molecule has 0 bridgehead atoms. The largest absolute Gasteiger partial charge is 0.497 e. The molecule has 1 saturated carbocycles. The zero-order valence-corrected chi connectivity index (χ0v) is 12.3. The van der Waals surface area contributed by atoms with Crippen LogP contribution in [0.2, 0.25) is 0 Å². The summed E-state index contributed by atoms with van der Waals surface area (Å²) in [6.45, 7) is 6.63. The van der Waals surface area contributed by atoms with Gasteiger partial charge in [0.2, 0.25) is 0 Å². The predicted octanol–water partition coefficient (Wildman–Crippen LogP) is 3.83. The summed E-state index contributed by atoms with van der Waals surface area (Å²) in [5.41, 5.74) is 6.76. The van der Waals surface area contributed by atoms with Crippen molar-refractivity contribution in [3.8, 4) is 5.75 Å². The highest BCUT2D eigenvalue weighted by Crippen LogP contribution is 2.47. The highest BCUT2D eigenvalue weighted by Gasteiger charge is 2.42. The lowest BCUT2D eigenvalue weighted by Gasteiger charge is -2.46. The van der Waals surface area contributed by atoms with Gasteiger partial charge in [-0.1, -0.05) is 26.8 Å². The Morgan fingerprint density at radius 1 is 1.32 bits per heavy atom. The lowest BCUT2D eigenvalue weighted by atomic mass is 9.62. The van der Waals surface area contributed by atoms with E-state index in [1.165, 1.54) is 6.07 Å². The number of hydrogen-bond acceptors (Lipinski definition) is 2. The quantitative estimate of drug-likeness (QED) is 0.882. The van der Waals surface area contributed by atoms with Crippen molar-refractivity contribution in [1.82, 2.24) is 0 Å². The second-order valence-corrected chi connectivity index (χ2v) is 6.86. The van der Waals surface area contributed by atoms with Crippen LogP contribution in [0.5, 0.6) is 5.75 Å². The van der Waals surface area contributed by atoms with E-state index in [0.29, 0.717) is 17.2 Å². The van der Waals surface area contributed by atoms with Crippen LogP contribution in [-0.4, -0.2) is 7.11 Å². The zero-order valence-electron chi connectivity index (χ0n) is 12.3. The van der Waals surface area contributed by atoms with Crippen molar-refractivity contribution in [2.75, 3.05) is 7.11 Å². The molecule has 2 nitrogen and oxygen atoms in total. The molecule has 0 amide bonds. The van der Waals surface area contributed by atoms with Crippen LogP contribution < -0.4 is 10.5 Å². The molecule has 0 aliphatic heterocycles. The van der Waals surface area contributed by atoms with Gasteiger partial charge in [0, 0.05) is 17.2 Å². The molecule has 1 fully saturated rings. The van der Waals surface area contributed by atoms with E-state index in [4.69, 9.17) is 10.5 Å². The molecule has 1 aliphatic carbocycles. The Balaban J connectivity index is 2.38. The van der Waals surface area contributed by atoms with Crippen LogP contribution in [0, 0.1) is 17.2 Å². The van der Waals surface area contributed by atoms with Crippen LogP contribution in [-0.2, 0) is 5.54 Å². The minimum atomic E-state index is -0.572. The van der Waals surface area contributed by atoms with Crippen molar-refractivity contribution in [1.29, 1.82) is 0 Å². The maximum absolute atomic E-state index is 14.3. The number of halogens is 1. The van der Waals surface area contributed by atoms with Gasteiger partial charge < -0.3 is 10.5 Å². The second kappa shape index (κ2) is 4.78. The van der Waals surface area contributed by atoms with Crippen LogP contribution in [0.4, 0.5) is 4.39 Å². The van der Waals surface area contributed by atoms with Gasteiger partial charge in [-0.15, -0.1) is 0 Å². The third-order valence-corrected chi connectivity index (χ3v) is 4.12. The Labute approximate surface area is 115 Å². The van der Waals surface area contributed by atoms with Crippen molar-refractivity contribution >= 4 is 0 Å². The molecule has 106 valence electrons. The lowest BCUT2D eigenvalue weighted by molar-refractivity contribution is 0.105. The van der Waals surface area contributed by atoms with Gasteiger partial charge in [-0.05, 0) is 36.7 Å². The van der Waals surface area contributed by atoms with Gasteiger partial charge in [-0.3, -0.25) is 0 Å². The monoisotopic (exact) mass is 265 g/mol. The average molecular weight is 265 g/mol. The van der Waals surface area contributed by atoms with Crippen molar-refractivity contribution in [3.63, 3.8) is 0 Å². The van der Waals surface area contributed by atoms with Crippen LogP contribution in [0.25, 0.3) is 0 Å². The lowest BCUT2D eigenvalue weighted by Crippen LogP contribution is -2.47. The zero-order chi connectivity index (χ0) is 14.3. The van der Waals surface area contributed by atoms with E-state index in [1.807, 2.05) is 0 Å². The highest BCUT2D eigenvalue weighted by molar-refractivity contribution is 5.34. The Bertz CT molecular complexity index is 472. The molecule has 19 heavy (non-hydrogen) atoms. The summed E-state index contributed by atoms with van der Waals surface area (Å²) in [5.74, 6) is 0.787. The molecule has 2 rings (SSSR count). The Morgan fingerprint density at radius 3 is 2.53 bits per heavy atom. The van der Waals surface area contributed by atoms with E-state index in [9.17, 15) is 4.39 Å². The maximum atomic E-state index is 14.3. The Hall–Kier alpha value is -1.09. The van der Waals surface area contributed by atoms with Crippen LogP contribution >= 0.6 is 0 Å². The maximum Gasteiger partial charge on any atom is 0.131 e. The van der Waals surface area contributed by atoms with E-state index >= 15 is 0 Å². The van der Waals surface area contributed by atoms with E-state index < -0.39 is 5.54 Å². The molecule has 0 radical (unpaired) electrons. The molecule has 3 heteroatoms. The van der Waals surface area contributed by atoms with Crippen molar-refractivity contribution in [2.24, 2.45) is 17.1 Å². The Morgan fingerprint density at radius 2 is 2.00 bits per heavy atom. The van der Waals surface area contributed by atoms with Gasteiger partial charge >= 0.3 is 0 Å². The fourth-order valence-electron chi connectivity index (χ4n) is 3.87. The third-order valence-electron chi connectivity index (χ3n) is 4.12. The van der Waals surface area contributed by atoms with Gasteiger partial charge in [0.15, 0.2) is 0 Å². The van der Waals surface area contributed by atoms with Gasteiger partial charge in [0.1, 0.15) is 11.6 Å². The number of nitrogens with two attached hydrogens (primary N) is 1. The molecule has 1 aliphatic rings. The Kier molecular flexibility index (Phi) is 3.61. The fraction of sp³-hybridized carbons (Fsp3) is 0.625. The number of hydrogen-bond donors (Lipinski definition) is 1. The summed E-state index contributed by atoms with van der Waals surface area (Å²) >= 11 is 0. The van der Waals surface area contributed by atoms with Crippen LogP contribution in [0.1, 0.15) is 45.6 Å². The minimum Gasteiger partial charge on any atom is -0.497 e. The third kappa shape index (κ3) is 2.92. The molecular weight excluding hydrogens is 241 g/mol. The van der Waals surface area contributed by atoms with Gasteiger partial charge in [0.25, 0.3) is 0 Å². The first-order valence-electron chi connectivity index (χ1n) is 6.89. The molecule has 1 aromatic carbocycles. The number of methoxy groups -OCH3 is 1. The number of rotatable bonds is 2. The van der Waals surface area contributed by atoms with Crippen LogP contribution in [0.3, 0.4) is 0 Å². The smallest absolute Gasteiger partial charge is 0.131 e. The topological polar surface area (TPSA) is 35.2 Å². The van der Waals surface area contributed by atoms with Crippen molar-refractivity contribution in [2.45, 2.75) is 45.6 Å². The first kappa shape index (κ1) is 14.3.